The molecular formula is C53H32N2O. The molecule has 0 saturated heterocycles. The lowest BCUT2D eigenvalue weighted by molar-refractivity contribution is 0.667. The molecule has 3 nitrogen and oxygen atoms in total. The minimum Gasteiger partial charge on any atom is -0.452 e. The Morgan fingerprint density at radius 3 is 1.57 bits per heavy atom. The van der Waals surface area contributed by atoms with Crippen molar-refractivity contribution in [3.63, 3.8) is 0 Å². The van der Waals surface area contributed by atoms with Crippen molar-refractivity contribution >= 4 is 22.1 Å². The standard InChI is InChI=1S/C53H32N2O/c1-2-11-33(12-3-1)34-21-23-35(24-22-34)37-26-28-49-44(31-37)51-52(56-49)50(54-32-55-51)39-14-10-13-36(29-39)38-25-27-48-43(30-38)42-17-6-9-20-47(42)53(48)45-18-7-4-15-40(45)41-16-5-8-19-46(41)53/h1-32H. The van der Waals surface area contributed by atoms with E-state index in [0.717, 1.165) is 50.0 Å². The van der Waals surface area contributed by atoms with Gasteiger partial charge in [-0.1, -0.05) is 164 Å². The van der Waals surface area contributed by atoms with E-state index in [1.54, 1.807) is 6.33 Å². The van der Waals surface area contributed by atoms with Gasteiger partial charge >= 0.3 is 0 Å². The predicted molar refractivity (Wildman–Crippen MR) is 227 cm³/mol. The molecule has 56 heavy (non-hydrogen) atoms. The van der Waals surface area contributed by atoms with Crippen LogP contribution in [0, 0.1) is 0 Å². The molecule has 0 atom stereocenters. The monoisotopic (exact) mass is 712 g/mol. The molecule has 0 N–H and O–H groups in total. The molecule has 0 bridgehead atoms. The van der Waals surface area contributed by atoms with Crippen molar-refractivity contribution in [3.05, 3.63) is 217 Å². The van der Waals surface area contributed by atoms with E-state index in [-0.39, 0.29) is 5.41 Å². The Morgan fingerprint density at radius 2 is 0.857 bits per heavy atom. The highest BCUT2D eigenvalue weighted by molar-refractivity contribution is 6.08. The zero-order valence-electron chi connectivity index (χ0n) is 30.3. The number of nitrogens with zero attached hydrogens (tertiary/aromatic N) is 2. The highest BCUT2D eigenvalue weighted by Gasteiger charge is 2.51. The second-order valence-corrected chi connectivity index (χ2v) is 14.9. The number of rotatable bonds is 4. The van der Waals surface area contributed by atoms with Crippen LogP contribution in [0.3, 0.4) is 0 Å². The second-order valence-electron chi connectivity index (χ2n) is 14.9. The highest BCUT2D eigenvalue weighted by atomic mass is 16.3. The van der Waals surface area contributed by atoms with Gasteiger partial charge in [0.2, 0.25) is 0 Å². The fourth-order valence-corrected chi connectivity index (χ4v) is 9.57. The van der Waals surface area contributed by atoms with Crippen molar-refractivity contribution in [2.45, 2.75) is 5.41 Å². The minimum absolute atomic E-state index is 0.348. The van der Waals surface area contributed by atoms with Crippen LogP contribution in [0.2, 0.25) is 0 Å². The van der Waals surface area contributed by atoms with Crippen molar-refractivity contribution in [1.82, 2.24) is 9.97 Å². The predicted octanol–water partition coefficient (Wildman–Crippen LogP) is 13.4. The Balaban J connectivity index is 0.945. The van der Waals surface area contributed by atoms with Crippen LogP contribution in [-0.2, 0) is 5.41 Å². The van der Waals surface area contributed by atoms with Gasteiger partial charge in [-0.2, -0.15) is 0 Å². The third kappa shape index (κ3) is 4.34. The molecular weight excluding hydrogens is 681 g/mol. The molecule has 0 aliphatic heterocycles. The zero-order valence-corrected chi connectivity index (χ0v) is 30.3. The van der Waals surface area contributed by atoms with Crippen LogP contribution in [-0.4, -0.2) is 9.97 Å². The summed E-state index contributed by atoms with van der Waals surface area (Å²) in [5, 5.41) is 0.978. The fraction of sp³-hybridized carbons (Fsp3) is 0.0189. The van der Waals surface area contributed by atoms with Gasteiger partial charge in [0.05, 0.1) is 5.41 Å². The lowest BCUT2D eigenvalue weighted by Gasteiger charge is -2.30. The lowest BCUT2D eigenvalue weighted by Crippen LogP contribution is -2.25. The zero-order chi connectivity index (χ0) is 36.8. The summed E-state index contributed by atoms with van der Waals surface area (Å²) in [6.07, 6.45) is 1.66. The van der Waals surface area contributed by atoms with Gasteiger partial charge < -0.3 is 4.42 Å². The average Bonchev–Trinajstić information content (AvgIpc) is 3.90. The number of hydrogen-bond acceptors (Lipinski definition) is 3. The molecule has 1 spiro atoms. The maximum Gasteiger partial charge on any atom is 0.180 e. The van der Waals surface area contributed by atoms with Crippen molar-refractivity contribution in [2.75, 3.05) is 0 Å². The number of benzene rings is 8. The number of aromatic nitrogens is 2. The molecule has 0 amide bonds. The largest absolute Gasteiger partial charge is 0.452 e. The Morgan fingerprint density at radius 1 is 0.357 bits per heavy atom. The van der Waals surface area contributed by atoms with Gasteiger partial charge in [0.15, 0.2) is 5.58 Å². The lowest BCUT2D eigenvalue weighted by atomic mass is 9.70. The van der Waals surface area contributed by atoms with Gasteiger partial charge in [0, 0.05) is 10.9 Å². The van der Waals surface area contributed by atoms with E-state index >= 15 is 0 Å². The molecule has 2 aliphatic carbocycles. The normalized spacial score (nSPS) is 13.1. The van der Waals surface area contributed by atoms with Gasteiger partial charge in [-0.05, 0) is 102 Å². The highest BCUT2D eigenvalue weighted by Crippen LogP contribution is 2.63. The summed E-state index contributed by atoms with van der Waals surface area (Å²) in [6.45, 7) is 0. The van der Waals surface area contributed by atoms with Crippen LogP contribution in [0.4, 0.5) is 0 Å². The first-order chi connectivity index (χ1) is 27.8. The average molecular weight is 713 g/mol. The first-order valence-electron chi connectivity index (χ1n) is 19.1. The topological polar surface area (TPSA) is 38.9 Å². The van der Waals surface area contributed by atoms with Crippen molar-refractivity contribution < 1.29 is 4.42 Å². The fourth-order valence-electron chi connectivity index (χ4n) is 9.57. The summed E-state index contributed by atoms with van der Waals surface area (Å²) in [4.78, 5) is 9.55. The molecule has 3 heteroatoms. The summed E-state index contributed by atoms with van der Waals surface area (Å²) in [5.41, 5.74) is 21.3. The van der Waals surface area contributed by atoms with Crippen molar-refractivity contribution in [3.8, 4) is 66.9 Å². The van der Waals surface area contributed by atoms with Crippen LogP contribution in [0.15, 0.2) is 199 Å². The number of hydrogen-bond donors (Lipinski definition) is 0. The molecule has 0 saturated carbocycles. The molecule has 2 heterocycles. The first-order valence-corrected chi connectivity index (χ1v) is 19.1. The van der Waals surface area contributed by atoms with Crippen LogP contribution in [0.25, 0.3) is 89.0 Å². The van der Waals surface area contributed by atoms with Crippen molar-refractivity contribution in [1.29, 1.82) is 0 Å². The third-order valence-electron chi connectivity index (χ3n) is 12.0. The maximum atomic E-state index is 6.54. The van der Waals surface area contributed by atoms with Gasteiger partial charge in [0.1, 0.15) is 23.1 Å². The molecule has 0 unspecified atom stereocenters. The van der Waals surface area contributed by atoms with E-state index in [1.807, 2.05) is 12.1 Å². The maximum absolute atomic E-state index is 6.54. The van der Waals surface area contributed by atoms with Crippen LogP contribution >= 0.6 is 0 Å². The molecule has 2 aliphatic rings. The molecule has 260 valence electrons. The minimum atomic E-state index is -0.348. The van der Waals surface area contributed by atoms with E-state index in [1.165, 1.54) is 55.6 Å². The Kier molecular flexibility index (Phi) is 6.55. The van der Waals surface area contributed by atoms with Gasteiger partial charge in [0.25, 0.3) is 0 Å². The molecule has 0 fully saturated rings. The molecule has 8 aromatic carbocycles. The summed E-state index contributed by atoms with van der Waals surface area (Å²) < 4.78 is 6.54. The van der Waals surface area contributed by atoms with E-state index in [2.05, 4.69) is 176 Å². The van der Waals surface area contributed by atoms with E-state index < -0.39 is 0 Å². The molecule has 12 rings (SSSR count). The van der Waals surface area contributed by atoms with E-state index in [0.29, 0.717) is 5.58 Å². The number of furan rings is 1. The summed E-state index contributed by atoms with van der Waals surface area (Å²) in [5.74, 6) is 0. The Bertz CT molecular complexity index is 3150. The summed E-state index contributed by atoms with van der Waals surface area (Å²) in [7, 11) is 0. The van der Waals surface area contributed by atoms with Gasteiger partial charge in [-0.15, -0.1) is 0 Å². The molecule has 0 radical (unpaired) electrons. The SMILES string of the molecule is c1ccc(-c2ccc(-c3ccc4oc5c(-c6cccc(-c7ccc8c(c7)-c7ccccc7C87c8ccccc8-c8ccccc87)c6)ncnc5c4c3)cc2)cc1. The van der Waals surface area contributed by atoms with Gasteiger partial charge in [-0.3, -0.25) is 0 Å². The van der Waals surface area contributed by atoms with Crippen LogP contribution < -0.4 is 0 Å². The van der Waals surface area contributed by atoms with E-state index in [9.17, 15) is 0 Å². The second kappa shape index (κ2) is 11.8. The smallest absolute Gasteiger partial charge is 0.180 e. The quantitative estimate of drug-likeness (QED) is 0.182. The molecule has 2 aromatic heterocycles. The third-order valence-corrected chi connectivity index (χ3v) is 12.0. The van der Waals surface area contributed by atoms with E-state index in [4.69, 9.17) is 14.4 Å². The van der Waals surface area contributed by atoms with Gasteiger partial charge in [-0.25, -0.2) is 9.97 Å². The van der Waals surface area contributed by atoms with Crippen molar-refractivity contribution in [2.24, 2.45) is 0 Å². The summed E-state index contributed by atoms with van der Waals surface area (Å²) >= 11 is 0. The molecule has 10 aromatic rings. The van der Waals surface area contributed by atoms with Crippen LogP contribution in [0.1, 0.15) is 22.3 Å². The van der Waals surface area contributed by atoms with Crippen LogP contribution in [0.5, 0.6) is 0 Å². The first kappa shape index (κ1) is 31.0. The Labute approximate surface area is 324 Å². The number of fused-ring (bicyclic) bond motifs is 13. The Hall–Kier alpha value is -7.36. The summed E-state index contributed by atoms with van der Waals surface area (Å²) in [6, 6.07) is 68.1.